The molecule has 0 aromatic heterocycles. The summed E-state index contributed by atoms with van der Waals surface area (Å²) in [5, 5.41) is 1.92. The molecular weight excluding hydrogens is 416 g/mol. The molecule has 3 aromatic carbocycles. The van der Waals surface area contributed by atoms with Gasteiger partial charge in [0.1, 0.15) is 0 Å². The van der Waals surface area contributed by atoms with Crippen molar-refractivity contribution in [3.05, 3.63) is 77.9 Å². The topological polar surface area (TPSA) is 81.8 Å². The third-order valence-corrected chi connectivity index (χ3v) is 6.02. The molecule has 0 saturated carbocycles. The first-order valence-corrected chi connectivity index (χ1v) is 11.1. The van der Waals surface area contributed by atoms with E-state index in [1.165, 1.54) is 0 Å². The summed E-state index contributed by atoms with van der Waals surface area (Å²) in [7, 11) is 3.79. The molecule has 7 heteroatoms. The number of anilines is 1. The number of rotatable bonds is 4. The van der Waals surface area contributed by atoms with Gasteiger partial charge in [-0.05, 0) is 47.9 Å². The first-order chi connectivity index (χ1) is 15.9. The highest BCUT2D eigenvalue weighted by Gasteiger charge is 2.29. The fourth-order valence-corrected chi connectivity index (χ4v) is 4.18. The predicted molar refractivity (Wildman–Crippen MR) is 129 cm³/mol. The lowest BCUT2D eigenvalue weighted by atomic mass is 9.96. The SMILES string of the molecule is CN(C)c1cccc(C(=O)NNC(=O)[C@H]2CCCN(C(=O)c3cccc4ccccc34)C2)c1. The van der Waals surface area contributed by atoms with Crippen LogP contribution in [0.25, 0.3) is 10.8 Å². The number of benzene rings is 3. The Morgan fingerprint density at radius 2 is 1.70 bits per heavy atom. The van der Waals surface area contributed by atoms with Gasteiger partial charge >= 0.3 is 0 Å². The Hall–Kier alpha value is -3.87. The van der Waals surface area contributed by atoms with Crippen molar-refractivity contribution in [1.29, 1.82) is 0 Å². The van der Waals surface area contributed by atoms with Crippen LogP contribution in [-0.2, 0) is 4.79 Å². The van der Waals surface area contributed by atoms with E-state index in [-0.39, 0.29) is 23.6 Å². The second-order valence-electron chi connectivity index (χ2n) is 8.51. The standard InChI is InChI=1S/C26H28N4O3/c1-29(2)21-12-5-10-19(16-21)24(31)27-28-25(32)20-11-7-15-30(17-20)26(33)23-14-6-9-18-8-3-4-13-22(18)23/h3-6,8-10,12-14,16,20H,7,11,15,17H2,1-2H3,(H,27,31)(H,28,32)/t20-/m0/s1. The Kier molecular flexibility index (Phi) is 6.58. The Bertz CT molecular complexity index is 1190. The molecule has 1 aliphatic rings. The van der Waals surface area contributed by atoms with Crippen molar-refractivity contribution in [2.75, 3.05) is 32.1 Å². The lowest BCUT2D eigenvalue weighted by molar-refractivity contribution is -0.127. The number of hydrazine groups is 1. The Balaban J connectivity index is 1.39. The zero-order chi connectivity index (χ0) is 23.4. The van der Waals surface area contributed by atoms with Crippen LogP contribution in [0, 0.1) is 5.92 Å². The van der Waals surface area contributed by atoms with Gasteiger partial charge in [0.15, 0.2) is 0 Å². The molecule has 3 aromatic rings. The van der Waals surface area contributed by atoms with Crippen LogP contribution in [0.1, 0.15) is 33.6 Å². The van der Waals surface area contributed by atoms with Gasteiger partial charge in [0.2, 0.25) is 5.91 Å². The minimum Gasteiger partial charge on any atom is -0.378 e. The van der Waals surface area contributed by atoms with E-state index in [9.17, 15) is 14.4 Å². The van der Waals surface area contributed by atoms with Gasteiger partial charge in [0.25, 0.3) is 11.8 Å². The molecule has 1 fully saturated rings. The quantitative estimate of drug-likeness (QED) is 0.606. The highest BCUT2D eigenvalue weighted by molar-refractivity contribution is 6.07. The van der Waals surface area contributed by atoms with E-state index >= 15 is 0 Å². The van der Waals surface area contributed by atoms with Crippen molar-refractivity contribution in [2.45, 2.75) is 12.8 Å². The van der Waals surface area contributed by atoms with Crippen LogP contribution >= 0.6 is 0 Å². The number of nitrogens with zero attached hydrogens (tertiary/aromatic N) is 2. The summed E-state index contributed by atoms with van der Waals surface area (Å²) < 4.78 is 0. The largest absolute Gasteiger partial charge is 0.378 e. The second-order valence-corrected chi connectivity index (χ2v) is 8.51. The molecule has 0 unspecified atom stereocenters. The molecule has 170 valence electrons. The van der Waals surface area contributed by atoms with E-state index in [0.717, 1.165) is 22.9 Å². The number of piperidine rings is 1. The lowest BCUT2D eigenvalue weighted by Crippen LogP contribution is -2.50. The van der Waals surface area contributed by atoms with Gasteiger partial charge in [-0.15, -0.1) is 0 Å². The number of fused-ring (bicyclic) bond motifs is 1. The maximum atomic E-state index is 13.2. The third-order valence-electron chi connectivity index (χ3n) is 6.02. The molecule has 1 aliphatic heterocycles. The highest BCUT2D eigenvalue weighted by atomic mass is 16.2. The molecule has 0 aliphatic carbocycles. The van der Waals surface area contributed by atoms with Crippen LogP contribution in [0.2, 0.25) is 0 Å². The van der Waals surface area contributed by atoms with Gasteiger partial charge < -0.3 is 9.80 Å². The third kappa shape index (κ3) is 4.98. The lowest BCUT2D eigenvalue weighted by Gasteiger charge is -2.32. The minimum absolute atomic E-state index is 0.0752. The van der Waals surface area contributed by atoms with Crippen molar-refractivity contribution >= 4 is 34.2 Å². The van der Waals surface area contributed by atoms with Gasteiger partial charge in [-0.1, -0.05) is 42.5 Å². The van der Waals surface area contributed by atoms with Crippen LogP contribution in [0.5, 0.6) is 0 Å². The summed E-state index contributed by atoms with van der Waals surface area (Å²) in [6.45, 7) is 0.926. The first kappa shape index (κ1) is 22.3. The van der Waals surface area contributed by atoms with Gasteiger partial charge in [-0.2, -0.15) is 0 Å². The molecule has 0 bridgehead atoms. The molecular formula is C26H28N4O3. The molecule has 0 spiro atoms. The zero-order valence-electron chi connectivity index (χ0n) is 18.9. The van der Waals surface area contributed by atoms with Crippen molar-refractivity contribution in [3.63, 3.8) is 0 Å². The van der Waals surface area contributed by atoms with Crippen LogP contribution in [-0.4, -0.2) is 49.8 Å². The monoisotopic (exact) mass is 444 g/mol. The van der Waals surface area contributed by atoms with E-state index in [4.69, 9.17) is 0 Å². The van der Waals surface area contributed by atoms with Crippen molar-refractivity contribution in [3.8, 4) is 0 Å². The van der Waals surface area contributed by atoms with Gasteiger partial charge in [0.05, 0.1) is 5.92 Å². The molecule has 7 nitrogen and oxygen atoms in total. The Morgan fingerprint density at radius 1 is 0.939 bits per heavy atom. The summed E-state index contributed by atoms with van der Waals surface area (Å²) in [4.78, 5) is 42.1. The normalized spacial score (nSPS) is 15.7. The number of carbonyl (C=O) groups is 3. The Morgan fingerprint density at radius 3 is 2.52 bits per heavy atom. The van der Waals surface area contributed by atoms with E-state index in [1.807, 2.05) is 67.5 Å². The number of carbonyl (C=O) groups excluding carboxylic acids is 3. The van der Waals surface area contributed by atoms with Crippen LogP contribution in [0.3, 0.4) is 0 Å². The van der Waals surface area contributed by atoms with Gasteiger partial charge in [-0.25, -0.2) is 0 Å². The highest BCUT2D eigenvalue weighted by Crippen LogP contribution is 2.23. The van der Waals surface area contributed by atoms with E-state index in [2.05, 4.69) is 10.9 Å². The van der Waals surface area contributed by atoms with E-state index in [1.54, 1.807) is 23.1 Å². The zero-order valence-corrected chi connectivity index (χ0v) is 18.9. The number of likely N-dealkylation sites (tertiary alicyclic amines) is 1. The summed E-state index contributed by atoms with van der Waals surface area (Å²) >= 11 is 0. The fraction of sp³-hybridized carbons (Fsp3) is 0.269. The number of amides is 3. The predicted octanol–water partition coefficient (Wildman–Crippen LogP) is 3.22. The van der Waals surface area contributed by atoms with E-state index < -0.39 is 0 Å². The van der Waals surface area contributed by atoms with Crippen LogP contribution < -0.4 is 15.8 Å². The minimum atomic E-state index is -0.383. The van der Waals surface area contributed by atoms with Crippen LogP contribution in [0.4, 0.5) is 5.69 Å². The Labute approximate surface area is 193 Å². The summed E-state index contributed by atoms with van der Waals surface area (Å²) in [5.74, 6) is -1.13. The average molecular weight is 445 g/mol. The number of hydrogen-bond donors (Lipinski definition) is 2. The number of nitrogens with one attached hydrogen (secondary N) is 2. The first-order valence-electron chi connectivity index (χ1n) is 11.1. The van der Waals surface area contributed by atoms with Gasteiger partial charge in [-0.3, -0.25) is 25.2 Å². The smallest absolute Gasteiger partial charge is 0.269 e. The molecule has 1 heterocycles. The molecule has 0 radical (unpaired) electrons. The summed E-state index contributed by atoms with van der Waals surface area (Å²) in [5.41, 5.74) is 7.03. The second kappa shape index (κ2) is 9.73. The fourth-order valence-electron chi connectivity index (χ4n) is 4.18. The molecule has 4 rings (SSSR count). The average Bonchev–Trinajstić information content (AvgIpc) is 2.86. The maximum absolute atomic E-state index is 13.2. The van der Waals surface area contributed by atoms with Crippen LogP contribution in [0.15, 0.2) is 66.7 Å². The van der Waals surface area contributed by atoms with Crippen molar-refractivity contribution in [2.24, 2.45) is 5.92 Å². The summed E-state index contributed by atoms with van der Waals surface area (Å²) in [6, 6.07) is 20.6. The summed E-state index contributed by atoms with van der Waals surface area (Å²) in [6.07, 6.45) is 1.39. The molecule has 33 heavy (non-hydrogen) atoms. The molecule has 1 atom stereocenters. The van der Waals surface area contributed by atoms with Crippen molar-refractivity contribution in [1.82, 2.24) is 15.8 Å². The maximum Gasteiger partial charge on any atom is 0.269 e. The molecule has 1 saturated heterocycles. The van der Waals surface area contributed by atoms with Gasteiger partial charge in [0, 0.05) is 44.0 Å². The number of hydrogen-bond acceptors (Lipinski definition) is 4. The van der Waals surface area contributed by atoms with Crippen molar-refractivity contribution < 1.29 is 14.4 Å². The van der Waals surface area contributed by atoms with E-state index in [0.29, 0.717) is 30.6 Å². The molecule has 2 N–H and O–H groups in total. The molecule has 3 amide bonds.